The third kappa shape index (κ3) is 4.60. The molecule has 2 aromatic rings. The molecule has 3 heteroatoms. The molecule has 0 saturated heterocycles. The molecule has 0 aliphatic rings. The number of benzene rings is 2. The molecular weight excluding hydrogens is 342 g/mol. The Morgan fingerprint density at radius 2 is 1.86 bits per heavy atom. The van der Waals surface area contributed by atoms with Gasteiger partial charge >= 0.3 is 0 Å². The van der Waals surface area contributed by atoms with Crippen LogP contribution in [-0.4, -0.2) is 6.04 Å². The van der Waals surface area contributed by atoms with Crippen LogP contribution in [0.2, 0.25) is 0 Å². The Bertz CT molecular complexity index is 625. The van der Waals surface area contributed by atoms with E-state index in [0.717, 1.165) is 17.3 Å². The molecule has 0 amide bonds. The van der Waals surface area contributed by atoms with Crippen molar-refractivity contribution in [1.29, 1.82) is 0 Å². The molecule has 2 N–H and O–H groups in total. The van der Waals surface area contributed by atoms with Crippen LogP contribution in [0.5, 0.6) is 0 Å². The summed E-state index contributed by atoms with van der Waals surface area (Å²) in [7, 11) is 0. The number of rotatable bonds is 5. The van der Waals surface area contributed by atoms with Crippen molar-refractivity contribution in [1.82, 2.24) is 0 Å². The van der Waals surface area contributed by atoms with Gasteiger partial charge in [-0.3, -0.25) is 0 Å². The van der Waals surface area contributed by atoms with Crippen LogP contribution >= 0.6 is 27.7 Å². The third-order valence-electron chi connectivity index (χ3n) is 3.59. The van der Waals surface area contributed by atoms with E-state index >= 15 is 0 Å². The summed E-state index contributed by atoms with van der Waals surface area (Å²) in [5, 5.41) is 0. The average Bonchev–Trinajstić information content (AvgIpc) is 2.45. The van der Waals surface area contributed by atoms with Gasteiger partial charge < -0.3 is 5.73 Å². The van der Waals surface area contributed by atoms with E-state index in [-0.39, 0.29) is 6.04 Å². The maximum Gasteiger partial charge on any atom is 0.0178 e. The first-order valence-electron chi connectivity index (χ1n) is 7.28. The van der Waals surface area contributed by atoms with E-state index in [1.165, 1.54) is 26.5 Å². The predicted molar refractivity (Wildman–Crippen MR) is 96.2 cm³/mol. The van der Waals surface area contributed by atoms with Gasteiger partial charge in [-0.1, -0.05) is 46.7 Å². The van der Waals surface area contributed by atoms with Crippen molar-refractivity contribution in [3.05, 3.63) is 57.6 Å². The van der Waals surface area contributed by atoms with Gasteiger partial charge in [0.1, 0.15) is 0 Å². The first kappa shape index (κ1) is 16.6. The van der Waals surface area contributed by atoms with E-state index in [2.05, 4.69) is 73.1 Å². The molecule has 0 aromatic heterocycles. The van der Waals surface area contributed by atoms with Crippen LogP contribution in [0.15, 0.2) is 50.7 Å². The second-order valence-electron chi connectivity index (χ2n) is 5.50. The highest BCUT2D eigenvalue weighted by Crippen LogP contribution is 2.35. The number of halogens is 1. The molecule has 0 heterocycles. The minimum Gasteiger partial charge on any atom is -0.327 e. The summed E-state index contributed by atoms with van der Waals surface area (Å²) in [5.74, 6) is 0. The van der Waals surface area contributed by atoms with Crippen LogP contribution in [0.3, 0.4) is 0 Å². The standard InChI is InChI=1S/C18H22BrNS/c1-4-16(20)11-14-10-15(19)7-8-17(14)21-18-9-12(2)5-6-13(18)3/h5-10,16H,4,11,20H2,1-3H3. The highest BCUT2D eigenvalue weighted by molar-refractivity contribution is 9.10. The largest absolute Gasteiger partial charge is 0.327 e. The monoisotopic (exact) mass is 363 g/mol. The normalized spacial score (nSPS) is 12.4. The zero-order chi connectivity index (χ0) is 15.4. The Hall–Kier alpha value is -0.770. The van der Waals surface area contributed by atoms with Crippen molar-refractivity contribution < 1.29 is 0 Å². The smallest absolute Gasteiger partial charge is 0.0178 e. The molecule has 112 valence electrons. The second-order valence-corrected chi connectivity index (χ2v) is 7.49. The van der Waals surface area contributed by atoms with E-state index < -0.39 is 0 Å². The third-order valence-corrected chi connectivity index (χ3v) is 5.36. The maximum absolute atomic E-state index is 6.15. The molecule has 0 saturated carbocycles. The van der Waals surface area contributed by atoms with E-state index in [9.17, 15) is 0 Å². The first-order valence-corrected chi connectivity index (χ1v) is 8.89. The van der Waals surface area contributed by atoms with E-state index in [0.29, 0.717) is 0 Å². The van der Waals surface area contributed by atoms with E-state index in [1.807, 2.05) is 11.8 Å². The van der Waals surface area contributed by atoms with Crippen molar-refractivity contribution in [2.45, 2.75) is 49.4 Å². The zero-order valence-corrected chi connectivity index (χ0v) is 15.2. The van der Waals surface area contributed by atoms with E-state index in [1.54, 1.807) is 0 Å². The van der Waals surface area contributed by atoms with Gasteiger partial charge in [0, 0.05) is 20.3 Å². The summed E-state index contributed by atoms with van der Waals surface area (Å²) in [6, 6.07) is 13.3. The van der Waals surface area contributed by atoms with Crippen LogP contribution < -0.4 is 5.73 Å². The van der Waals surface area contributed by atoms with Crippen LogP contribution in [-0.2, 0) is 6.42 Å². The molecule has 1 unspecified atom stereocenters. The van der Waals surface area contributed by atoms with Gasteiger partial charge in [-0.05, 0) is 67.6 Å². The molecule has 2 rings (SSSR count). The maximum atomic E-state index is 6.15. The lowest BCUT2D eigenvalue weighted by Crippen LogP contribution is -2.21. The van der Waals surface area contributed by atoms with Crippen molar-refractivity contribution in [3.8, 4) is 0 Å². The van der Waals surface area contributed by atoms with Crippen LogP contribution in [0.25, 0.3) is 0 Å². The Kier molecular flexibility index (Phi) is 5.91. The molecule has 2 aromatic carbocycles. The molecule has 0 bridgehead atoms. The van der Waals surface area contributed by atoms with Gasteiger partial charge in [-0.15, -0.1) is 0 Å². The molecular formula is C18H22BrNS. The molecule has 0 radical (unpaired) electrons. The molecule has 0 aliphatic carbocycles. The van der Waals surface area contributed by atoms with Crippen molar-refractivity contribution in [3.63, 3.8) is 0 Å². The Morgan fingerprint density at radius 3 is 2.57 bits per heavy atom. The van der Waals surface area contributed by atoms with E-state index in [4.69, 9.17) is 5.73 Å². The minimum absolute atomic E-state index is 0.220. The number of hydrogen-bond donors (Lipinski definition) is 1. The zero-order valence-electron chi connectivity index (χ0n) is 12.8. The fourth-order valence-corrected chi connectivity index (χ4v) is 3.70. The van der Waals surface area contributed by atoms with Crippen molar-refractivity contribution in [2.75, 3.05) is 0 Å². The second kappa shape index (κ2) is 7.48. The van der Waals surface area contributed by atoms with Gasteiger partial charge in [0.05, 0.1) is 0 Å². The lowest BCUT2D eigenvalue weighted by atomic mass is 10.1. The quantitative estimate of drug-likeness (QED) is 0.758. The van der Waals surface area contributed by atoms with Crippen molar-refractivity contribution >= 4 is 27.7 Å². The first-order chi connectivity index (χ1) is 9.99. The topological polar surface area (TPSA) is 26.0 Å². The van der Waals surface area contributed by atoms with Gasteiger partial charge in [0.25, 0.3) is 0 Å². The molecule has 1 nitrogen and oxygen atoms in total. The lowest BCUT2D eigenvalue weighted by molar-refractivity contribution is 0.641. The summed E-state index contributed by atoms with van der Waals surface area (Å²) in [5.41, 5.74) is 10.1. The Balaban J connectivity index is 2.32. The minimum atomic E-state index is 0.220. The average molecular weight is 364 g/mol. The SMILES string of the molecule is CCC(N)Cc1cc(Br)ccc1Sc1cc(C)ccc1C. The number of hydrogen-bond acceptors (Lipinski definition) is 2. The van der Waals surface area contributed by atoms with Crippen molar-refractivity contribution in [2.24, 2.45) is 5.73 Å². The summed E-state index contributed by atoms with van der Waals surface area (Å²) in [4.78, 5) is 2.62. The molecule has 0 aliphatic heterocycles. The predicted octanol–water partition coefficient (Wildman–Crippen LogP) is 5.50. The Labute approximate surface area is 140 Å². The van der Waals surface area contributed by atoms with Crippen LogP contribution in [0.1, 0.15) is 30.0 Å². The fourth-order valence-electron chi connectivity index (χ4n) is 2.17. The highest BCUT2D eigenvalue weighted by atomic mass is 79.9. The van der Waals surface area contributed by atoms with Crippen LogP contribution in [0.4, 0.5) is 0 Å². The summed E-state index contributed by atoms with van der Waals surface area (Å²) in [6.45, 7) is 6.44. The lowest BCUT2D eigenvalue weighted by Gasteiger charge is -2.15. The van der Waals surface area contributed by atoms with Gasteiger partial charge in [0.15, 0.2) is 0 Å². The summed E-state index contributed by atoms with van der Waals surface area (Å²) >= 11 is 5.41. The highest BCUT2D eigenvalue weighted by Gasteiger charge is 2.10. The molecule has 1 atom stereocenters. The number of nitrogens with two attached hydrogens (primary N) is 1. The molecule has 21 heavy (non-hydrogen) atoms. The summed E-state index contributed by atoms with van der Waals surface area (Å²) in [6.07, 6.45) is 1.92. The fraction of sp³-hybridized carbons (Fsp3) is 0.333. The Morgan fingerprint density at radius 1 is 1.10 bits per heavy atom. The molecule has 0 spiro atoms. The molecule has 0 fully saturated rings. The van der Waals surface area contributed by atoms with Crippen LogP contribution in [0, 0.1) is 13.8 Å². The van der Waals surface area contributed by atoms with Gasteiger partial charge in [0.2, 0.25) is 0 Å². The van der Waals surface area contributed by atoms with Gasteiger partial charge in [-0.2, -0.15) is 0 Å². The summed E-state index contributed by atoms with van der Waals surface area (Å²) < 4.78 is 1.12. The van der Waals surface area contributed by atoms with Gasteiger partial charge in [-0.25, -0.2) is 0 Å². The number of aryl methyl sites for hydroxylation is 2.